The van der Waals surface area contributed by atoms with Crippen LogP contribution in [0.15, 0.2) is 18.2 Å². The predicted molar refractivity (Wildman–Crippen MR) is 86.6 cm³/mol. The zero-order chi connectivity index (χ0) is 18.0. The standard InChI is InChI=1S/C16H21N3O5/c1-9(2)14-15(20)18(16(21)17-14)8-11-7-12(19(22)23)5-6-13(11)24-10(3)4/h5-7,9-10,14H,8H2,1-4H3,(H,17,21)/t14-/m0/s1. The quantitative estimate of drug-likeness (QED) is 0.489. The molecule has 0 bridgehead atoms. The highest BCUT2D eigenvalue weighted by atomic mass is 16.6. The Bertz CT molecular complexity index is 672. The van der Waals surface area contributed by atoms with Gasteiger partial charge in [0, 0.05) is 17.7 Å². The summed E-state index contributed by atoms with van der Waals surface area (Å²) in [5.74, 6) is 0.0455. The van der Waals surface area contributed by atoms with Gasteiger partial charge >= 0.3 is 6.03 Å². The molecule has 8 heteroatoms. The lowest BCUT2D eigenvalue weighted by atomic mass is 10.0. The van der Waals surface area contributed by atoms with Crippen LogP contribution in [-0.4, -0.2) is 33.9 Å². The van der Waals surface area contributed by atoms with Crippen LogP contribution >= 0.6 is 0 Å². The first-order valence-electron chi connectivity index (χ1n) is 7.76. The summed E-state index contributed by atoms with van der Waals surface area (Å²) in [5, 5.41) is 13.6. The van der Waals surface area contributed by atoms with Crippen LogP contribution in [-0.2, 0) is 11.3 Å². The molecular weight excluding hydrogens is 314 g/mol. The van der Waals surface area contributed by atoms with Gasteiger partial charge in [-0.15, -0.1) is 0 Å². The molecule has 0 radical (unpaired) electrons. The summed E-state index contributed by atoms with van der Waals surface area (Å²) >= 11 is 0. The van der Waals surface area contributed by atoms with Crippen molar-refractivity contribution in [3.63, 3.8) is 0 Å². The monoisotopic (exact) mass is 335 g/mol. The van der Waals surface area contributed by atoms with Crippen LogP contribution in [0.5, 0.6) is 5.75 Å². The maximum atomic E-state index is 12.4. The van der Waals surface area contributed by atoms with Crippen molar-refractivity contribution in [2.45, 2.75) is 46.4 Å². The molecule has 130 valence electrons. The van der Waals surface area contributed by atoms with Crippen molar-refractivity contribution in [1.82, 2.24) is 10.2 Å². The molecule has 1 saturated heterocycles. The van der Waals surface area contributed by atoms with Crippen molar-refractivity contribution in [2.75, 3.05) is 0 Å². The molecule has 1 aliphatic heterocycles. The number of carbonyl (C=O) groups is 2. The molecule has 1 N–H and O–H groups in total. The van der Waals surface area contributed by atoms with Crippen LogP contribution < -0.4 is 10.1 Å². The van der Waals surface area contributed by atoms with E-state index in [1.807, 2.05) is 27.7 Å². The number of carbonyl (C=O) groups excluding carboxylic acids is 2. The maximum absolute atomic E-state index is 12.4. The average Bonchev–Trinajstić information content (AvgIpc) is 2.76. The summed E-state index contributed by atoms with van der Waals surface area (Å²) in [5.41, 5.74) is 0.305. The van der Waals surface area contributed by atoms with Gasteiger partial charge in [0.25, 0.3) is 11.6 Å². The number of urea groups is 1. The maximum Gasteiger partial charge on any atom is 0.325 e. The highest BCUT2D eigenvalue weighted by molar-refractivity contribution is 6.04. The lowest BCUT2D eigenvalue weighted by molar-refractivity contribution is -0.385. The van der Waals surface area contributed by atoms with Gasteiger partial charge in [-0.25, -0.2) is 4.79 Å². The van der Waals surface area contributed by atoms with Crippen molar-refractivity contribution in [1.29, 1.82) is 0 Å². The van der Waals surface area contributed by atoms with Gasteiger partial charge in [0.15, 0.2) is 0 Å². The van der Waals surface area contributed by atoms with E-state index in [0.29, 0.717) is 11.3 Å². The molecule has 1 aromatic rings. The molecule has 1 aromatic carbocycles. The summed E-state index contributed by atoms with van der Waals surface area (Å²) in [7, 11) is 0. The van der Waals surface area contributed by atoms with Crippen molar-refractivity contribution in [2.24, 2.45) is 5.92 Å². The third-order valence-electron chi connectivity index (χ3n) is 3.67. The summed E-state index contributed by atoms with van der Waals surface area (Å²) in [6, 6.07) is 3.09. The largest absolute Gasteiger partial charge is 0.491 e. The second-order valence-corrected chi connectivity index (χ2v) is 6.31. The van der Waals surface area contributed by atoms with Gasteiger partial charge in [-0.2, -0.15) is 0 Å². The van der Waals surface area contributed by atoms with Gasteiger partial charge in [0.2, 0.25) is 0 Å². The first-order chi connectivity index (χ1) is 11.2. The van der Waals surface area contributed by atoms with Crippen molar-refractivity contribution >= 4 is 17.6 Å². The number of ether oxygens (including phenoxy) is 1. The van der Waals surface area contributed by atoms with Crippen molar-refractivity contribution in [3.8, 4) is 5.75 Å². The summed E-state index contributed by atoms with van der Waals surface area (Å²) < 4.78 is 5.64. The molecular formula is C16H21N3O5. The number of nitrogens with one attached hydrogen (secondary N) is 1. The molecule has 0 saturated carbocycles. The molecule has 0 aliphatic carbocycles. The fourth-order valence-electron chi connectivity index (χ4n) is 2.48. The number of benzene rings is 1. The molecule has 2 rings (SSSR count). The zero-order valence-corrected chi connectivity index (χ0v) is 14.1. The van der Waals surface area contributed by atoms with Gasteiger partial charge < -0.3 is 10.1 Å². The van der Waals surface area contributed by atoms with E-state index < -0.39 is 17.0 Å². The van der Waals surface area contributed by atoms with Crippen LogP contribution in [0.2, 0.25) is 0 Å². The van der Waals surface area contributed by atoms with E-state index in [0.717, 1.165) is 4.90 Å². The number of amides is 3. The average molecular weight is 335 g/mol. The molecule has 24 heavy (non-hydrogen) atoms. The Balaban J connectivity index is 2.33. The van der Waals surface area contributed by atoms with E-state index in [1.165, 1.54) is 18.2 Å². The molecule has 0 spiro atoms. The highest BCUT2D eigenvalue weighted by Gasteiger charge is 2.39. The Morgan fingerprint density at radius 1 is 1.29 bits per heavy atom. The van der Waals surface area contributed by atoms with Crippen LogP contribution in [0.25, 0.3) is 0 Å². The zero-order valence-electron chi connectivity index (χ0n) is 14.1. The van der Waals surface area contributed by atoms with E-state index in [1.54, 1.807) is 0 Å². The molecule has 8 nitrogen and oxygen atoms in total. The normalized spacial score (nSPS) is 17.6. The van der Waals surface area contributed by atoms with Crippen LogP contribution in [0.1, 0.15) is 33.3 Å². The lowest BCUT2D eigenvalue weighted by Gasteiger charge is -2.18. The Morgan fingerprint density at radius 2 is 1.96 bits per heavy atom. The number of nitro groups is 1. The number of imide groups is 1. The minimum absolute atomic E-state index is 0.0389. The van der Waals surface area contributed by atoms with Crippen molar-refractivity contribution < 1.29 is 19.2 Å². The van der Waals surface area contributed by atoms with E-state index in [9.17, 15) is 19.7 Å². The summed E-state index contributed by atoms with van der Waals surface area (Å²) in [4.78, 5) is 36.0. The van der Waals surface area contributed by atoms with E-state index in [4.69, 9.17) is 4.74 Å². The first kappa shape index (κ1) is 17.7. The summed E-state index contributed by atoms with van der Waals surface area (Å²) in [6.07, 6.45) is -0.142. The van der Waals surface area contributed by atoms with Crippen LogP contribution in [0.3, 0.4) is 0 Å². The van der Waals surface area contributed by atoms with Crippen LogP contribution in [0.4, 0.5) is 10.5 Å². The molecule has 0 unspecified atom stereocenters. The second kappa shape index (κ2) is 6.86. The first-order valence-corrected chi connectivity index (χ1v) is 7.76. The Kier molecular flexibility index (Phi) is 5.06. The molecule has 1 aliphatic rings. The predicted octanol–water partition coefficient (Wildman–Crippen LogP) is 2.46. The SMILES string of the molecule is CC(C)Oc1ccc([N+](=O)[O-])cc1CN1C(=O)N[C@@H](C(C)C)C1=O. The van der Waals surface area contributed by atoms with Gasteiger partial charge in [-0.3, -0.25) is 19.8 Å². The Labute approximate surface area is 139 Å². The van der Waals surface area contributed by atoms with Crippen molar-refractivity contribution in [3.05, 3.63) is 33.9 Å². The fourth-order valence-corrected chi connectivity index (χ4v) is 2.48. The smallest absolute Gasteiger partial charge is 0.325 e. The number of rotatable bonds is 6. The molecule has 0 aromatic heterocycles. The number of hydrogen-bond acceptors (Lipinski definition) is 5. The molecule has 1 atom stereocenters. The number of nitrogens with zero attached hydrogens (tertiary/aromatic N) is 2. The van der Waals surface area contributed by atoms with Gasteiger partial charge in [0.1, 0.15) is 11.8 Å². The Hall–Kier alpha value is -2.64. The molecule has 1 fully saturated rings. The fraction of sp³-hybridized carbons (Fsp3) is 0.500. The van der Waals surface area contributed by atoms with Crippen LogP contribution in [0, 0.1) is 16.0 Å². The molecule has 1 heterocycles. The lowest BCUT2D eigenvalue weighted by Crippen LogP contribution is -2.34. The second-order valence-electron chi connectivity index (χ2n) is 6.31. The third kappa shape index (κ3) is 3.64. The third-order valence-corrected chi connectivity index (χ3v) is 3.67. The minimum Gasteiger partial charge on any atom is -0.491 e. The minimum atomic E-state index is -0.578. The summed E-state index contributed by atoms with van der Waals surface area (Å²) in [6.45, 7) is 7.26. The molecule has 3 amide bonds. The van der Waals surface area contributed by atoms with Gasteiger partial charge in [-0.05, 0) is 25.8 Å². The van der Waals surface area contributed by atoms with E-state index in [-0.39, 0.29) is 30.2 Å². The van der Waals surface area contributed by atoms with Gasteiger partial charge in [-0.1, -0.05) is 13.8 Å². The number of hydrogen-bond donors (Lipinski definition) is 1. The van der Waals surface area contributed by atoms with E-state index >= 15 is 0 Å². The Morgan fingerprint density at radius 3 is 2.46 bits per heavy atom. The van der Waals surface area contributed by atoms with Gasteiger partial charge in [0.05, 0.1) is 17.6 Å². The number of non-ortho nitro benzene ring substituents is 1. The number of nitro benzene ring substituents is 1. The van der Waals surface area contributed by atoms with E-state index in [2.05, 4.69) is 5.32 Å². The highest BCUT2D eigenvalue weighted by Crippen LogP contribution is 2.28. The topological polar surface area (TPSA) is 102 Å².